The first-order valence-corrected chi connectivity index (χ1v) is 6.56. The Bertz CT molecular complexity index is 412. The summed E-state index contributed by atoms with van der Waals surface area (Å²) in [6.45, 7) is 5.78. The second-order valence-electron chi connectivity index (χ2n) is 5.09. The van der Waals surface area contributed by atoms with Gasteiger partial charge in [-0.3, -0.25) is 0 Å². The summed E-state index contributed by atoms with van der Waals surface area (Å²) >= 11 is 5.93. The van der Waals surface area contributed by atoms with E-state index in [1.165, 1.54) is 0 Å². The molecule has 1 fully saturated rings. The third-order valence-corrected chi connectivity index (χ3v) is 3.29. The van der Waals surface area contributed by atoms with Crippen molar-refractivity contribution in [2.45, 2.75) is 25.6 Å². The van der Waals surface area contributed by atoms with Crippen LogP contribution in [-0.4, -0.2) is 42.8 Å². The molecule has 1 aromatic heterocycles. The highest BCUT2D eigenvalue weighted by atomic mass is 35.5. The van der Waals surface area contributed by atoms with E-state index in [2.05, 4.69) is 23.7 Å². The lowest BCUT2D eigenvalue weighted by Gasteiger charge is -2.43. The Labute approximate surface area is 113 Å². The van der Waals surface area contributed by atoms with Crippen LogP contribution >= 0.6 is 11.6 Å². The molecular formula is C13H19ClN2O2. The Morgan fingerprint density at radius 3 is 3.06 bits per heavy atom. The fourth-order valence-corrected chi connectivity index (χ4v) is 2.44. The topological polar surface area (TPSA) is 34.6 Å². The molecule has 1 aliphatic rings. The van der Waals surface area contributed by atoms with Crippen molar-refractivity contribution in [1.82, 2.24) is 4.98 Å². The van der Waals surface area contributed by atoms with Gasteiger partial charge in [-0.25, -0.2) is 4.98 Å². The van der Waals surface area contributed by atoms with Gasteiger partial charge >= 0.3 is 0 Å². The van der Waals surface area contributed by atoms with Crippen LogP contribution in [0.25, 0.3) is 0 Å². The van der Waals surface area contributed by atoms with Crippen molar-refractivity contribution in [3.8, 4) is 5.88 Å². The number of pyridine rings is 1. The Morgan fingerprint density at radius 2 is 2.39 bits per heavy atom. The predicted molar refractivity (Wildman–Crippen MR) is 72.7 cm³/mol. The number of hydrogen-bond acceptors (Lipinski definition) is 4. The van der Waals surface area contributed by atoms with Crippen molar-refractivity contribution in [2.24, 2.45) is 0 Å². The number of alkyl halides is 1. The molecule has 5 heteroatoms. The molecule has 2 rings (SSSR count). The van der Waals surface area contributed by atoms with Gasteiger partial charge in [-0.05, 0) is 19.9 Å². The quantitative estimate of drug-likeness (QED) is 0.790. The minimum Gasteiger partial charge on any atom is -0.481 e. The molecule has 4 nitrogen and oxygen atoms in total. The van der Waals surface area contributed by atoms with Crippen molar-refractivity contribution in [3.05, 3.63) is 18.3 Å². The number of methoxy groups -OCH3 is 1. The minimum atomic E-state index is -0.200. The molecule has 1 aromatic rings. The molecule has 0 radical (unpaired) electrons. The molecule has 18 heavy (non-hydrogen) atoms. The highest BCUT2D eigenvalue weighted by molar-refractivity contribution is 6.18. The van der Waals surface area contributed by atoms with Crippen molar-refractivity contribution in [1.29, 1.82) is 0 Å². The van der Waals surface area contributed by atoms with Crippen molar-refractivity contribution < 1.29 is 9.47 Å². The summed E-state index contributed by atoms with van der Waals surface area (Å²) in [5.41, 5.74) is 0.891. The molecule has 0 aromatic carbocycles. The summed E-state index contributed by atoms with van der Waals surface area (Å²) in [4.78, 5) is 6.39. The van der Waals surface area contributed by atoms with Crippen LogP contribution < -0.4 is 9.64 Å². The number of nitrogens with zero attached hydrogens (tertiary/aromatic N) is 2. The summed E-state index contributed by atoms with van der Waals surface area (Å²) < 4.78 is 11.1. The van der Waals surface area contributed by atoms with E-state index in [1.54, 1.807) is 13.3 Å². The van der Waals surface area contributed by atoms with Gasteiger partial charge in [-0.15, -0.1) is 11.6 Å². The van der Waals surface area contributed by atoms with Gasteiger partial charge < -0.3 is 14.4 Å². The summed E-state index contributed by atoms with van der Waals surface area (Å²) in [6, 6.07) is 3.92. The van der Waals surface area contributed by atoms with Gasteiger partial charge in [-0.2, -0.15) is 0 Å². The maximum atomic E-state index is 5.93. The molecule has 100 valence electrons. The van der Waals surface area contributed by atoms with Gasteiger partial charge in [0.1, 0.15) is 0 Å². The van der Waals surface area contributed by atoms with Crippen LogP contribution in [0.5, 0.6) is 5.88 Å². The standard InChI is InChI=1S/C13H19ClN2O2/c1-13(2)9-16(8-11(7-14)18-13)10-4-5-15-12(6-10)17-3/h4-6,11H,7-9H2,1-3H3. The van der Waals surface area contributed by atoms with Crippen LogP contribution in [-0.2, 0) is 4.74 Å². The molecule has 0 amide bonds. The smallest absolute Gasteiger partial charge is 0.214 e. The molecule has 0 aliphatic carbocycles. The number of rotatable bonds is 3. The number of hydrogen-bond donors (Lipinski definition) is 0. The minimum absolute atomic E-state index is 0.0505. The molecule has 0 N–H and O–H groups in total. The van der Waals surface area contributed by atoms with Crippen LogP contribution in [0.2, 0.25) is 0 Å². The van der Waals surface area contributed by atoms with E-state index < -0.39 is 0 Å². The molecule has 1 aliphatic heterocycles. The van der Waals surface area contributed by atoms with Crippen LogP contribution in [0, 0.1) is 0 Å². The zero-order valence-corrected chi connectivity index (χ0v) is 11.8. The van der Waals surface area contributed by atoms with Crippen molar-refractivity contribution in [2.75, 3.05) is 31.0 Å². The number of ether oxygens (including phenoxy) is 2. The van der Waals surface area contributed by atoms with E-state index in [-0.39, 0.29) is 11.7 Å². The molecule has 1 unspecified atom stereocenters. The number of morpholine rings is 1. The van der Waals surface area contributed by atoms with Crippen LogP contribution in [0.3, 0.4) is 0 Å². The van der Waals surface area contributed by atoms with Gasteiger partial charge in [0.2, 0.25) is 5.88 Å². The number of anilines is 1. The summed E-state index contributed by atoms with van der Waals surface area (Å²) in [7, 11) is 1.62. The molecule has 2 heterocycles. The first-order valence-electron chi connectivity index (χ1n) is 6.03. The molecule has 1 atom stereocenters. The fraction of sp³-hybridized carbons (Fsp3) is 0.615. The van der Waals surface area contributed by atoms with Gasteiger partial charge in [0.15, 0.2) is 0 Å². The van der Waals surface area contributed by atoms with E-state index >= 15 is 0 Å². The average Bonchev–Trinajstić information content (AvgIpc) is 2.37. The zero-order chi connectivity index (χ0) is 13.2. The average molecular weight is 271 g/mol. The first-order chi connectivity index (χ1) is 8.54. The zero-order valence-electron chi connectivity index (χ0n) is 11.0. The third-order valence-electron chi connectivity index (χ3n) is 2.95. The van der Waals surface area contributed by atoms with Crippen molar-refractivity contribution in [3.63, 3.8) is 0 Å². The summed E-state index contributed by atoms with van der Waals surface area (Å²) in [6.07, 6.45) is 1.81. The summed E-state index contributed by atoms with van der Waals surface area (Å²) in [5, 5.41) is 0. The van der Waals surface area contributed by atoms with Crippen LogP contribution in [0.4, 0.5) is 5.69 Å². The Hall–Kier alpha value is -1.00. The predicted octanol–water partition coefficient (Wildman–Crippen LogP) is 2.31. The Balaban J connectivity index is 2.20. The maximum absolute atomic E-state index is 5.93. The summed E-state index contributed by atoms with van der Waals surface area (Å²) in [5.74, 6) is 1.13. The van der Waals surface area contributed by atoms with E-state index in [9.17, 15) is 0 Å². The van der Waals surface area contributed by atoms with Gasteiger partial charge in [-0.1, -0.05) is 0 Å². The highest BCUT2D eigenvalue weighted by Crippen LogP contribution is 2.27. The molecule has 1 saturated heterocycles. The van der Waals surface area contributed by atoms with E-state index in [0.717, 1.165) is 18.8 Å². The Morgan fingerprint density at radius 1 is 1.61 bits per heavy atom. The molecule has 0 spiro atoms. The molecule has 0 bridgehead atoms. The lowest BCUT2D eigenvalue weighted by atomic mass is 10.0. The third kappa shape index (κ3) is 3.06. The SMILES string of the molecule is COc1cc(N2CC(CCl)OC(C)(C)C2)ccn1. The number of halogens is 1. The second-order valence-corrected chi connectivity index (χ2v) is 5.40. The lowest BCUT2D eigenvalue weighted by molar-refractivity contribution is -0.0734. The number of aromatic nitrogens is 1. The molecular weight excluding hydrogens is 252 g/mol. The van der Waals surface area contributed by atoms with E-state index in [4.69, 9.17) is 21.1 Å². The highest BCUT2D eigenvalue weighted by Gasteiger charge is 2.33. The monoisotopic (exact) mass is 270 g/mol. The largest absolute Gasteiger partial charge is 0.481 e. The van der Waals surface area contributed by atoms with Gasteiger partial charge in [0.05, 0.1) is 24.7 Å². The first kappa shape index (κ1) is 13.4. The molecule has 0 saturated carbocycles. The van der Waals surface area contributed by atoms with Gasteiger partial charge in [0.25, 0.3) is 0 Å². The van der Waals surface area contributed by atoms with Gasteiger partial charge in [0, 0.05) is 31.0 Å². The van der Waals surface area contributed by atoms with Crippen LogP contribution in [0.1, 0.15) is 13.8 Å². The van der Waals surface area contributed by atoms with E-state index in [0.29, 0.717) is 11.8 Å². The normalized spacial score (nSPS) is 22.9. The maximum Gasteiger partial charge on any atom is 0.214 e. The Kier molecular flexibility index (Phi) is 3.97. The van der Waals surface area contributed by atoms with E-state index in [1.807, 2.05) is 12.1 Å². The second kappa shape index (κ2) is 5.33. The fourth-order valence-electron chi connectivity index (χ4n) is 2.28. The lowest BCUT2D eigenvalue weighted by Crippen LogP contribution is -2.53. The van der Waals surface area contributed by atoms with Crippen molar-refractivity contribution >= 4 is 17.3 Å². The van der Waals surface area contributed by atoms with Crippen LogP contribution in [0.15, 0.2) is 18.3 Å².